The maximum Gasteiger partial charge on any atom is 0.416 e. The molecule has 0 radical (unpaired) electrons. The van der Waals surface area contributed by atoms with Gasteiger partial charge in [0.1, 0.15) is 5.60 Å². The van der Waals surface area contributed by atoms with Crippen molar-refractivity contribution in [2.24, 2.45) is 0 Å². The lowest BCUT2D eigenvalue weighted by Gasteiger charge is -2.19. The zero-order valence-electron chi connectivity index (χ0n) is 14.2. The fraction of sp³-hybridized carbons (Fsp3) is 0.500. The number of alkyl carbamates (subject to hydrolysis) is 1. The standard InChI is InChI=1S/C16H21F3N2O3S/c1-15(2,3)24-14(23)20-8-9-25-10-13(22)21-12-6-4-11(5-7-12)16(17,18)19/h4-7H,8-10H2,1-3H3,(H,20,23)(H,21,22). The number of thioether (sulfide) groups is 1. The topological polar surface area (TPSA) is 67.4 Å². The van der Waals surface area contributed by atoms with Crippen molar-refractivity contribution in [1.82, 2.24) is 5.32 Å². The molecule has 0 aliphatic carbocycles. The molecule has 0 unspecified atom stereocenters. The van der Waals surface area contributed by atoms with Crippen LogP contribution < -0.4 is 10.6 Å². The Kier molecular flexibility index (Phi) is 7.60. The molecule has 2 N–H and O–H groups in total. The molecule has 5 nitrogen and oxygen atoms in total. The largest absolute Gasteiger partial charge is 0.444 e. The second-order valence-electron chi connectivity index (χ2n) is 6.10. The first-order chi connectivity index (χ1) is 11.5. The van der Waals surface area contributed by atoms with Crippen molar-refractivity contribution in [3.8, 4) is 0 Å². The third-order valence-corrected chi connectivity index (χ3v) is 3.60. The lowest BCUT2D eigenvalue weighted by molar-refractivity contribution is -0.137. The van der Waals surface area contributed by atoms with E-state index in [0.29, 0.717) is 18.0 Å². The van der Waals surface area contributed by atoms with Gasteiger partial charge in [0.15, 0.2) is 0 Å². The fourth-order valence-corrected chi connectivity index (χ4v) is 2.29. The Morgan fingerprint density at radius 1 is 1.12 bits per heavy atom. The number of nitrogens with one attached hydrogen (secondary N) is 2. The number of ether oxygens (including phenoxy) is 1. The van der Waals surface area contributed by atoms with Crippen LogP contribution in [-0.2, 0) is 15.7 Å². The molecule has 0 saturated carbocycles. The lowest BCUT2D eigenvalue weighted by atomic mass is 10.2. The first-order valence-corrected chi connectivity index (χ1v) is 8.64. The number of benzene rings is 1. The van der Waals surface area contributed by atoms with Gasteiger partial charge in [-0.1, -0.05) is 0 Å². The Hall–Kier alpha value is -1.90. The third-order valence-electron chi connectivity index (χ3n) is 2.64. The Balaban J connectivity index is 2.24. The van der Waals surface area contributed by atoms with Crippen LogP contribution >= 0.6 is 11.8 Å². The van der Waals surface area contributed by atoms with Crippen molar-refractivity contribution in [2.45, 2.75) is 32.5 Å². The highest BCUT2D eigenvalue weighted by Gasteiger charge is 2.29. The van der Waals surface area contributed by atoms with E-state index in [1.165, 1.54) is 23.9 Å². The number of carbonyl (C=O) groups excluding carboxylic acids is 2. The summed E-state index contributed by atoms with van der Waals surface area (Å²) >= 11 is 1.29. The molecule has 140 valence electrons. The van der Waals surface area contributed by atoms with Crippen LogP contribution in [0, 0.1) is 0 Å². The van der Waals surface area contributed by atoms with E-state index in [1.807, 2.05) is 0 Å². The summed E-state index contributed by atoms with van der Waals surface area (Å²) in [6.07, 6.45) is -4.93. The first-order valence-electron chi connectivity index (χ1n) is 7.49. The van der Waals surface area contributed by atoms with E-state index in [1.54, 1.807) is 20.8 Å². The molecule has 1 aromatic rings. The Morgan fingerprint density at radius 3 is 2.24 bits per heavy atom. The third kappa shape index (κ3) is 9.23. The van der Waals surface area contributed by atoms with Gasteiger partial charge in [-0.2, -0.15) is 24.9 Å². The molecule has 25 heavy (non-hydrogen) atoms. The van der Waals surface area contributed by atoms with Gasteiger partial charge in [0.2, 0.25) is 5.91 Å². The van der Waals surface area contributed by atoms with Crippen LogP contribution in [0.4, 0.5) is 23.7 Å². The van der Waals surface area contributed by atoms with Gasteiger partial charge >= 0.3 is 12.3 Å². The average molecular weight is 378 g/mol. The summed E-state index contributed by atoms with van der Waals surface area (Å²) < 4.78 is 42.4. The van der Waals surface area contributed by atoms with Crippen LogP contribution in [0.1, 0.15) is 26.3 Å². The molecule has 1 aromatic carbocycles. The summed E-state index contributed by atoms with van der Waals surface area (Å²) in [6, 6.07) is 4.23. The Bertz CT molecular complexity index is 584. The van der Waals surface area contributed by atoms with Gasteiger partial charge in [-0.3, -0.25) is 4.79 Å². The minimum atomic E-state index is -4.40. The summed E-state index contributed by atoms with van der Waals surface area (Å²) in [5.41, 5.74) is -1.04. The van der Waals surface area contributed by atoms with Crippen molar-refractivity contribution in [1.29, 1.82) is 0 Å². The highest BCUT2D eigenvalue weighted by atomic mass is 32.2. The highest BCUT2D eigenvalue weighted by molar-refractivity contribution is 7.99. The van der Waals surface area contributed by atoms with E-state index in [0.717, 1.165) is 12.1 Å². The van der Waals surface area contributed by atoms with Gasteiger partial charge in [0.25, 0.3) is 0 Å². The van der Waals surface area contributed by atoms with Crippen molar-refractivity contribution in [3.63, 3.8) is 0 Å². The Morgan fingerprint density at radius 2 is 1.72 bits per heavy atom. The van der Waals surface area contributed by atoms with Gasteiger partial charge in [-0.25, -0.2) is 4.79 Å². The number of rotatable bonds is 6. The predicted molar refractivity (Wildman–Crippen MR) is 91.6 cm³/mol. The molecule has 2 amide bonds. The predicted octanol–water partition coefficient (Wildman–Crippen LogP) is 3.90. The molecule has 0 bridgehead atoms. The van der Waals surface area contributed by atoms with E-state index in [9.17, 15) is 22.8 Å². The quantitative estimate of drug-likeness (QED) is 0.737. The molecule has 0 heterocycles. The average Bonchev–Trinajstić information content (AvgIpc) is 2.44. The fourth-order valence-electron chi connectivity index (χ4n) is 1.64. The second kappa shape index (κ2) is 8.98. The SMILES string of the molecule is CC(C)(C)OC(=O)NCCSCC(=O)Nc1ccc(C(F)(F)F)cc1. The summed E-state index contributed by atoms with van der Waals surface area (Å²) in [5.74, 6) is 0.290. The van der Waals surface area contributed by atoms with E-state index >= 15 is 0 Å². The van der Waals surface area contributed by atoms with Crippen molar-refractivity contribution < 1.29 is 27.5 Å². The monoisotopic (exact) mass is 378 g/mol. The molecular formula is C16H21F3N2O3S. The van der Waals surface area contributed by atoms with Crippen molar-refractivity contribution >= 4 is 29.4 Å². The lowest BCUT2D eigenvalue weighted by Crippen LogP contribution is -2.33. The number of hydrogen-bond acceptors (Lipinski definition) is 4. The maximum absolute atomic E-state index is 12.4. The molecule has 0 saturated heterocycles. The van der Waals surface area contributed by atoms with Crippen molar-refractivity contribution in [3.05, 3.63) is 29.8 Å². The smallest absolute Gasteiger partial charge is 0.416 e. The number of anilines is 1. The van der Waals surface area contributed by atoms with Crippen LogP contribution in [-0.4, -0.2) is 35.7 Å². The zero-order chi connectivity index (χ0) is 19.1. The molecular weight excluding hydrogens is 357 g/mol. The van der Waals surface area contributed by atoms with Crippen LogP contribution in [0.15, 0.2) is 24.3 Å². The number of halogens is 3. The minimum Gasteiger partial charge on any atom is -0.444 e. The highest BCUT2D eigenvalue weighted by Crippen LogP contribution is 2.29. The molecule has 0 spiro atoms. The normalized spacial score (nSPS) is 11.8. The van der Waals surface area contributed by atoms with Gasteiger partial charge in [-0.05, 0) is 45.0 Å². The van der Waals surface area contributed by atoms with Crippen molar-refractivity contribution in [2.75, 3.05) is 23.4 Å². The van der Waals surface area contributed by atoms with Gasteiger partial charge in [0.05, 0.1) is 11.3 Å². The van der Waals surface area contributed by atoms with E-state index in [4.69, 9.17) is 4.74 Å². The van der Waals surface area contributed by atoms with Crippen LogP contribution in [0.3, 0.4) is 0 Å². The van der Waals surface area contributed by atoms with Crippen LogP contribution in [0.25, 0.3) is 0 Å². The van der Waals surface area contributed by atoms with Gasteiger partial charge < -0.3 is 15.4 Å². The zero-order valence-corrected chi connectivity index (χ0v) is 15.0. The van der Waals surface area contributed by atoms with E-state index in [2.05, 4.69) is 10.6 Å². The van der Waals surface area contributed by atoms with Gasteiger partial charge in [0, 0.05) is 18.0 Å². The molecule has 0 atom stereocenters. The van der Waals surface area contributed by atoms with E-state index < -0.39 is 23.4 Å². The van der Waals surface area contributed by atoms with Crippen LogP contribution in [0.2, 0.25) is 0 Å². The minimum absolute atomic E-state index is 0.122. The molecule has 1 rings (SSSR count). The molecule has 0 aliphatic heterocycles. The van der Waals surface area contributed by atoms with Gasteiger partial charge in [-0.15, -0.1) is 0 Å². The van der Waals surface area contributed by atoms with Crippen LogP contribution in [0.5, 0.6) is 0 Å². The molecule has 0 fully saturated rings. The maximum atomic E-state index is 12.4. The number of alkyl halides is 3. The summed E-state index contributed by atoms with van der Waals surface area (Å²) in [4.78, 5) is 23.1. The van der Waals surface area contributed by atoms with E-state index in [-0.39, 0.29) is 11.7 Å². The Labute approximate surface area is 148 Å². The molecule has 9 heteroatoms. The molecule has 0 aromatic heterocycles. The number of hydrogen-bond donors (Lipinski definition) is 2. The summed E-state index contributed by atoms with van der Waals surface area (Å²) in [7, 11) is 0. The summed E-state index contributed by atoms with van der Waals surface area (Å²) in [5, 5.41) is 5.07. The summed E-state index contributed by atoms with van der Waals surface area (Å²) in [6.45, 7) is 5.61. The number of amides is 2. The second-order valence-corrected chi connectivity index (χ2v) is 7.21. The first kappa shape index (κ1) is 21.1. The number of carbonyl (C=O) groups is 2. The molecule has 0 aliphatic rings.